The molecule has 0 saturated carbocycles. The number of carbonyl (C=O) groups is 1. The maximum Gasteiger partial charge on any atom is 0.258 e. The predicted molar refractivity (Wildman–Crippen MR) is 147 cm³/mol. The quantitative estimate of drug-likeness (QED) is 0.403. The Kier molecular flexibility index (Phi) is 6.18. The molecule has 1 atom stereocenters. The second kappa shape index (κ2) is 9.46. The van der Waals surface area contributed by atoms with Crippen molar-refractivity contribution in [2.24, 2.45) is 5.10 Å². The van der Waals surface area contributed by atoms with Crippen LogP contribution in [-0.4, -0.2) is 35.7 Å². The molecular formula is C30H30N4O2. The average molecular weight is 479 g/mol. The summed E-state index contributed by atoms with van der Waals surface area (Å²) in [5.74, 6) is -0.0685. The molecule has 1 aliphatic rings. The Balaban J connectivity index is 1.69. The van der Waals surface area contributed by atoms with E-state index >= 15 is 0 Å². The Morgan fingerprint density at radius 3 is 2.42 bits per heavy atom. The maximum absolute atomic E-state index is 13.6. The van der Waals surface area contributed by atoms with Gasteiger partial charge in [0.25, 0.3) is 5.56 Å². The van der Waals surface area contributed by atoms with Gasteiger partial charge in [0.2, 0.25) is 5.91 Å². The lowest BCUT2D eigenvalue weighted by atomic mass is 9.90. The third-order valence-electron chi connectivity index (χ3n) is 6.78. The molecule has 4 aromatic rings. The van der Waals surface area contributed by atoms with Crippen molar-refractivity contribution < 1.29 is 4.79 Å². The number of aromatic amines is 1. The number of amides is 1. The van der Waals surface area contributed by atoms with E-state index in [4.69, 9.17) is 5.10 Å². The Morgan fingerprint density at radius 2 is 1.75 bits per heavy atom. The van der Waals surface area contributed by atoms with Gasteiger partial charge < -0.3 is 9.88 Å². The van der Waals surface area contributed by atoms with E-state index in [1.165, 1.54) is 0 Å². The number of rotatable bonds is 5. The van der Waals surface area contributed by atoms with Crippen LogP contribution < -0.4 is 10.5 Å². The van der Waals surface area contributed by atoms with Crippen LogP contribution in [-0.2, 0) is 4.79 Å². The minimum Gasteiger partial charge on any atom is -0.378 e. The fourth-order valence-corrected chi connectivity index (χ4v) is 4.89. The molecule has 1 aromatic heterocycles. The van der Waals surface area contributed by atoms with Crippen molar-refractivity contribution in [1.82, 2.24) is 9.99 Å². The topological polar surface area (TPSA) is 68.8 Å². The van der Waals surface area contributed by atoms with E-state index in [-0.39, 0.29) is 17.5 Å². The van der Waals surface area contributed by atoms with E-state index in [9.17, 15) is 9.59 Å². The summed E-state index contributed by atoms with van der Waals surface area (Å²) in [6, 6.07) is 23.9. The fourth-order valence-electron chi connectivity index (χ4n) is 4.89. The molecule has 5 rings (SSSR count). The molecule has 3 aromatic carbocycles. The van der Waals surface area contributed by atoms with Crippen molar-refractivity contribution in [3.63, 3.8) is 0 Å². The molecule has 0 aliphatic carbocycles. The van der Waals surface area contributed by atoms with Gasteiger partial charge in [0, 0.05) is 49.1 Å². The van der Waals surface area contributed by atoms with Crippen molar-refractivity contribution >= 4 is 28.2 Å². The second-order valence-electron chi connectivity index (χ2n) is 9.46. The van der Waals surface area contributed by atoms with E-state index in [0.29, 0.717) is 24.1 Å². The van der Waals surface area contributed by atoms with Crippen LogP contribution in [0.25, 0.3) is 22.0 Å². The number of hydrogen-bond acceptors (Lipinski definition) is 4. The number of benzene rings is 3. The molecule has 0 bridgehead atoms. The molecule has 2 heterocycles. The molecule has 0 saturated heterocycles. The van der Waals surface area contributed by atoms with Gasteiger partial charge in [-0.1, -0.05) is 61.0 Å². The number of H-pyrrole nitrogens is 1. The number of pyridine rings is 1. The third kappa shape index (κ3) is 4.19. The first-order chi connectivity index (χ1) is 17.4. The van der Waals surface area contributed by atoms with Gasteiger partial charge in [0.1, 0.15) is 0 Å². The molecule has 182 valence electrons. The number of anilines is 1. The Bertz CT molecular complexity index is 1520. The molecule has 0 spiro atoms. The van der Waals surface area contributed by atoms with Crippen molar-refractivity contribution in [1.29, 1.82) is 0 Å². The number of hydrazone groups is 1. The SMILES string of the molecule is CCC(=O)N1N=C(c2c(-c3ccccc3)c3cc(C)ccc3[nH]c2=O)C[C@@H]1c1ccc(N(C)C)cc1. The molecule has 0 fully saturated rings. The molecular weight excluding hydrogens is 448 g/mol. The first-order valence-electron chi connectivity index (χ1n) is 12.3. The first kappa shape index (κ1) is 23.5. The van der Waals surface area contributed by atoms with Gasteiger partial charge in [-0.15, -0.1) is 0 Å². The van der Waals surface area contributed by atoms with Crippen LogP contribution in [0.3, 0.4) is 0 Å². The van der Waals surface area contributed by atoms with Gasteiger partial charge in [-0.05, 0) is 42.3 Å². The van der Waals surface area contributed by atoms with E-state index in [0.717, 1.165) is 38.8 Å². The van der Waals surface area contributed by atoms with Crippen LogP contribution in [0.4, 0.5) is 5.69 Å². The molecule has 1 amide bonds. The Hall–Kier alpha value is -4.19. The monoisotopic (exact) mass is 478 g/mol. The number of nitrogens with one attached hydrogen (secondary N) is 1. The average Bonchev–Trinajstić information content (AvgIpc) is 3.33. The lowest BCUT2D eigenvalue weighted by Gasteiger charge is -2.22. The van der Waals surface area contributed by atoms with Gasteiger partial charge in [0.05, 0.1) is 17.3 Å². The Labute approximate surface area is 210 Å². The van der Waals surface area contributed by atoms with Crippen LogP contribution in [0.1, 0.15) is 42.5 Å². The lowest BCUT2D eigenvalue weighted by Crippen LogP contribution is -2.26. The minimum absolute atomic E-state index is 0.0685. The fraction of sp³-hybridized carbons (Fsp3) is 0.233. The van der Waals surface area contributed by atoms with Gasteiger partial charge >= 0.3 is 0 Å². The van der Waals surface area contributed by atoms with Crippen LogP contribution in [0, 0.1) is 6.92 Å². The zero-order chi connectivity index (χ0) is 25.4. The summed E-state index contributed by atoms with van der Waals surface area (Å²) in [5, 5.41) is 7.32. The molecule has 1 aliphatic heterocycles. The molecule has 0 unspecified atom stereocenters. The van der Waals surface area contributed by atoms with Crippen LogP contribution in [0.2, 0.25) is 0 Å². The van der Waals surface area contributed by atoms with Crippen molar-refractivity contribution in [3.8, 4) is 11.1 Å². The highest BCUT2D eigenvalue weighted by Crippen LogP contribution is 2.37. The van der Waals surface area contributed by atoms with Crippen LogP contribution >= 0.6 is 0 Å². The highest BCUT2D eigenvalue weighted by atomic mass is 16.2. The summed E-state index contributed by atoms with van der Waals surface area (Å²) in [6.45, 7) is 3.88. The number of fused-ring (bicyclic) bond motifs is 1. The normalized spacial score (nSPS) is 15.3. The smallest absolute Gasteiger partial charge is 0.258 e. The van der Waals surface area contributed by atoms with Crippen LogP contribution in [0.15, 0.2) is 82.7 Å². The molecule has 1 N–H and O–H groups in total. The predicted octanol–water partition coefficient (Wildman–Crippen LogP) is 5.66. The highest BCUT2D eigenvalue weighted by molar-refractivity contribution is 6.13. The number of carbonyl (C=O) groups excluding carboxylic acids is 1. The summed E-state index contributed by atoms with van der Waals surface area (Å²) >= 11 is 0. The van der Waals surface area contributed by atoms with E-state index < -0.39 is 0 Å². The van der Waals surface area contributed by atoms with E-state index in [2.05, 4.69) is 11.1 Å². The third-order valence-corrected chi connectivity index (χ3v) is 6.78. The zero-order valence-corrected chi connectivity index (χ0v) is 21.1. The summed E-state index contributed by atoms with van der Waals surface area (Å²) in [5.41, 5.74) is 6.72. The molecule has 0 radical (unpaired) electrons. The molecule has 36 heavy (non-hydrogen) atoms. The van der Waals surface area contributed by atoms with Crippen molar-refractivity contribution in [2.75, 3.05) is 19.0 Å². The number of aromatic nitrogens is 1. The highest BCUT2D eigenvalue weighted by Gasteiger charge is 2.34. The van der Waals surface area contributed by atoms with Gasteiger partial charge in [-0.25, -0.2) is 5.01 Å². The molecule has 6 heteroatoms. The Morgan fingerprint density at radius 1 is 1.03 bits per heavy atom. The zero-order valence-electron chi connectivity index (χ0n) is 21.1. The van der Waals surface area contributed by atoms with Crippen LogP contribution in [0.5, 0.6) is 0 Å². The number of hydrogen-bond donors (Lipinski definition) is 1. The first-order valence-corrected chi connectivity index (χ1v) is 12.3. The van der Waals surface area contributed by atoms with Gasteiger partial charge in [-0.2, -0.15) is 5.10 Å². The summed E-state index contributed by atoms with van der Waals surface area (Å²) in [7, 11) is 4.00. The van der Waals surface area contributed by atoms with Gasteiger partial charge in [-0.3, -0.25) is 9.59 Å². The lowest BCUT2D eigenvalue weighted by molar-refractivity contribution is -0.132. The van der Waals surface area contributed by atoms with E-state index in [1.54, 1.807) is 5.01 Å². The standard InChI is InChI=1S/C30H30N4O2/c1-5-27(35)34-26(20-12-14-22(15-13-20)33(3)4)18-25(32-34)29-28(21-9-7-6-8-10-21)23-17-19(2)11-16-24(23)31-30(29)36/h6-17,26H,5,18H2,1-4H3,(H,31,36)/t26-/m1/s1. The minimum atomic E-state index is -0.264. The second-order valence-corrected chi connectivity index (χ2v) is 9.46. The largest absolute Gasteiger partial charge is 0.378 e. The summed E-state index contributed by atoms with van der Waals surface area (Å²) < 4.78 is 0. The summed E-state index contributed by atoms with van der Waals surface area (Å²) in [4.78, 5) is 31.6. The molecule has 6 nitrogen and oxygen atoms in total. The van der Waals surface area contributed by atoms with E-state index in [1.807, 2.05) is 99.6 Å². The van der Waals surface area contributed by atoms with Crippen molar-refractivity contribution in [2.45, 2.75) is 32.7 Å². The number of nitrogens with zero attached hydrogens (tertiary/aromatic N) is 3. The van der Waals surface area contributed by atoms with Crippen molar-refractivity contribution in [3.05, 3.63) is 99.8 Å². The maximum atomic E-state index is 13.6. The number of aryl methyl sites for hydroxylation is 1. The summed E-state index contributed by atoms with van der Waals surface area (Å²) in [6.07, 6.45) is 0.801. The van der Waals surface area contributed by atoms with Gasteiger partial charge in [0.15, 0.2) is 0 Å².